The minimum atomic E-state index is -3.55. The molecule has 30 heavy (non-hydrogen) atoms. The van der Waals surface area contributed by atoms with E-state index in [4.69, 9.17) is 4.74 Å². The van der Waals surface area contributed by atoms with Gasteiger partial charge in [-0.25, -0.2) is 8.42 Å². The van der Waals surface area contributed by atoms with Gasteiger partial charge < -0.3 is 10.1 Å². The average Bonchev–Trinajstić information content (AvgIpc) is 2.75. The number of benzene rings is 2. The molecule has 1 aliphatic rings. The Morgan fingerprint density at radius 1 is 1.10 bits per heavy atom. The number of sulfonamides is 1. The van der Waals surface area contributed by atoms with Crippen molar-refractivity contribution in [2.24, 2.45) is 5.92 Å². The van der Waals surface area contributed by atoms with E-state index in [1.165, 1.54) is 4.31 Å². The van der Waals surface area contributed by atoms with Crippen LogP contribution in [0.1, 0.15) is 42.5 Å². The van der Waals surface area contributed by atoms with Crippen LogP contribution >= 0.6 is 0 Å². The maximum atomic E-state index is 13.1. The summed E-state index contributed by atoms with van der Waals surface area (Å²) in [5, 5.41) is 3.06. The van der Waals surface area contributed by atoms with Gasteiger partial charge in [-0.1, -0.05) is 24.3 Å². The summed E-state index contributed by atoms with van der Waals surface area (Å²) in [6, 6.07) is 13.0. The number of nitrogens with zero attached hydrogens (tertiary/aromatic N) is 1. The molecule has 1 amide bonds. The number of amides is 1. The summed E-state index contributed by atoms with van der Waals surface area (Å²) in [7, 11) is -1.93. The molecule has 0 saturated carbocycles. The fourth-order valence-electron chi connectivity index (χ4n) is 3.79. The summed E-state index contributed by atoms with van der Waals surface area (Å²) in [6.07, 6.45) is 1.04. The van der Waals surface area contributed by atoms with E-state index in [1.807, 2.05) is 57.2 Å². The second kappa shape index (κ2) is 9.18. The van der Waals surface area contributed by atoms with Crippen LogP contribution in [0.3, 0.4) is 0 Å². The van der Waals surface area contributed by atoms with E-state index in [-0.39, 0.29) is 17.9 Å². The fourth-order valence-corrected chi connectivity index (χ4v) is 5.57. The van der Waals surface area contributed by atoms with Crippen LogP contribution < -0.4 is 10.1 Å². The lowest BCUT2D eigenvalue weighted by Crippen LogP contribution is -2.43. The van der Waals surface area contributed by atoms with Gasteiger partial charge in [0, 0.05) is 19.0 Å². The van der Waals surface area contributed by atoms with E-state index in [0.29, 0.717) is 30.8 Å². The van der Waals surface area contributed by atoms with Crippen LogP contribution in [0.15, 0.2) is 47.4 Å². The van der Waals surface area contributed by atoms with E-state index < -0.39 is 10.0 Å². The Hall–Kier alpha value is -2.38. The molecule has 0 aliphatic carbocycles. The van der Waals surface area contributed by atoms with Gasteiger partial charge in [0.05, 0.1) is 18.0 Å². The van der Waals surface area contributed by atoms with Gasteiger partial charge in [-0.15, -0.1) is 0 Å². The molecular weight excluding hydrogens is 400 g/mol. The largest absolute Gasteiger partial charge is 0.497 e. The lowest BCUT2D eigenvalue weighted by molar-refractivity contribution is -0.126. The van der Waals surface area contributed by atoms with E-state index in [9.17, 15) is 13.2 Å². The molecule has 7 heteroatoms. The van der Waals surface area contributed by atoms with Crippen LogP contribution in [0, 0.1) is 19.8 Å². The number of hydrogen-bond donors (Lipinski definition) is 1. The van der Waals surface area contributed by atoms with Gasteiger partial charge in [-0.05, 0) is 68.5 Å². The Labute approximate surface area is 179 Å². The highest BCUT2D eigenvalue weighted by molar-refractivity contribution is 7.89. The summed E-state index contributed by atoms with van der Waals surface area (Å²) in [5.41, 5.74) is 2.66. The Bertz CT molecular complexity index is 994. The summed E-state index contributed by atoms with van der Waals surface area (Å²) < 4.78 is 32.8. The molecule has 2 aromatic rings. The number of rotatable bonds is 6. The molecule has 1 N–H and O–H groups in total. The molecule has 0 spiro atoms. The second-order valence-electron chi connectivity index (χ2n) is 7.95. The van der Waals surface area contributed by atoms with Gasteiger partial charge in [0.1, 0.15) is 5.75 Å². The predicted molar refractivity (Wildman–Crippen MR) is 117 cm³/mol. The van der Waals surface area contributed by atoms with Gasteiger partial charge in [0.15, 0.2) is 0 Å². The Kier molecular flexibility index (Phi) is 6.83. The number of carbonyl (C=O) groups is 1. The number of methoxy groups -OCH3 is 1. The third kappa shape index (κ3) is 4.84. The summed E-state index contributed by atoms with van der Waals surface area (Å²) >= 11 is 0. The van der Waals surface area contributed by atoms with E-state index in [2.05, 4.69) is 5.32 Å². The number of aryl methyl sites for hydroxylation is 2. The van der Waals surface area contributed by atoms with Gasteiger partial charge in [0.25, 0.3) is 0 Å². The number of piperidine rings is 1. The Morgan fingerprint density at radius 3 is 2.33 bits per heavy atom. The van der Waals surface area contributed by atoms with Crippen LogP contribution in [-0.2, 0) is 14.8 Å². The number of carbonyl (C=O) groups excluding carboxylic acids is 1. The molecule has 6 nitrogen and oxygen atoms in total. The minimum Gasteiger partial charge on any atom is -0.497 e. The second-order valence-corrected chi connectivity index (χ2v) is 9.86. The van der Waals surface area contributed by atoms with Crippen molar-refractivity contribution < 1.29 is 17.9 Å². The number of hydrogen-bond acceptors (Lipinski definition) is 4. The lowest BCUT2D eigenvalue weighted by atomic mass is 9.96. The van der Waals surface area contributed by atoms with Crippen molar-refractivity contribution in [3.05, 3.63) is 59.2 Å². The maximum absolute atomic E-state index is 13.1. The lowest BCUT2D eigenvalue weighted by Gasteiger charge is -2.31. The molecule has 1 saturated heterocycles. The normalized spacial score (nSPS) is 16.8. The fraction of sp³-hybridized carbons (Fsp3) is 0.435. The molecule has 0 bridgehead atoms. The zero-order valence-corrected chi connectivity index (χ0v) is 18.8. The highest BCUT2D eigenvalue weighted by atomic mass is 32.2. The van der Waals surface area contributed by atoms with Gasteiger partial charge in [0.2, 0.25) is 15.9 Å². The molecule has 2 aromatic carbocycles. The van der Waals surface area contributed by atoms with Crippen molar-refractivity contribution in [2.45, 2.75) is 44.6 Å². The van der Waals surface area contributed by atoms with E-state index >= 15 is 0 Å². The van der Waals surface area contributed by atoms with Crippen molar-refractivity contribution in [3.63, 3.8) is 0 Å². The highest BCUT2D eigenvalue weighted by Crippen LogP contribution is 2.27. The third-order valence-electron chi connectivity index (χ3n) is 5.76. The first-order valence-electron chi connectivity index (χ1n) is 10.2. The van der Waals surface area contributed by atoms with Gasteiger partial charge in [-0.2, -0.15) is 4.31 Å². The average molecular weight is 431 g/mol. The minimum absolute atomic E-state index is 0.0258. The van der Waals surface area contributed by atoms with Crippen LogP contribution in [0.4, 0.5) is 0 Å². The first-order chi connectivity index (χ1) is 14.2. The molecule has 3 rings (SSSR count). The Balaban J connectivity index is 1.60. The van der Waals surface area contributed by atoms with Gasteiger partial charge >= 0.3 is 0 Å². The van der Waals surface area contributed by atoms with Crippen LogP contribution in [0.5, 0.6) is 5.75 Å². The first-order valence-corrected chi connectivity index (χ1v) is 11.7. The zero-order valence-electron chi connectivity index (χ0n) is 18.0. The maximum Gasteiger partial charge on any atom is 0.243 e. The van der Waals surface area contributed by atoms with Crippen molar-refractivity contribution in [3.8, 4) is 5.75 Å². The smallest absolute Gasteiger partial charge is 0.243 e. The van der Waals surface area contributed by atoms with Crippen LogP contribution in [-0.4, -0.2) is 38.8 Å². The molecule has 1 atom stereocenters. The molecule has 1 heterocycles. The van der Waals surface area contributed by atoms with Crippen molar-refractivity contribution in [2.75, 3.05) is 20.2 Å². The third-order valence-corrected chi connectivity index (χ3v) is 7.80. The predicted octanol–water partition coefficient (Wildman–Crippen LogP) is 3.59. The number of nitrogens with one attached hydrogen (secondary N) is 1. The molecular formula is C23H30N2O4S. The molecule has 1 fully saturated rings. The summed E-state index contributed by atoms with van der Waals surface area (Å²) in [4.78, 5) is 13.1. The SMILES string of the molecule is COc1ccc(C(C)NC(=O)C2CCN(S(=O)(=O)c3cc(C)ccc3C)CC2)cc1. The van der Waals surface area contributed by atoms with E-state index in [0.717, 1.165) is 22.4 Å². The molecule has 0 aromatic heterocycles. The zero-order chi connectivity index (χ0) is 21.9. The first kappa shape index (κ1) is 22.3. The molecule has 1 aliphatic heterocycles. The van der Waals surface area contributed by atoms with Crippen molar-refractivity contribution >= 4 is 15.9 Å². The summed E-state index contributed by atoms with van der Waals surface area (Å²) in [5.74, 6) is 0.563. The molecule has 0 radical (unpaired) electrons. The van der Waals surface area contributed by atoms with Gasteiger partial charge in [-0.3, -0.25) is 4.79 Å². The van der Waals surface area contributed by atoms with Crippen molar-refractivity contribution in [1.82, 2.24) is 9.62 Å². The summed E-state index contributed by atoms with van der Waals surface area (Å²) in [6.45, 7) is 6.35. The molecule has 1 unspecified atom stereocenters. The highest BCUT2D eigenvalue weighted by Gasteiger charge is 2.33. The number of ether oxygens (including phenoxy) is 1. The van der Waals surface area contributed by atoms with Crippen LogP contribution in [0.25, 0.3) is 0 Å². The monoisotopic (exact) mass is 430 g/mol. The Morgan fingerprint density at radius 2 is 1.73 bits per heavy atom. The topological polar surface area (TPSA) is 75.7 Å². The van der Waals surface area contributed by atoms with Crippen LogP contribution in [0.2, 0.25) is 0 Å². The van der Waals surface area contributed by atoms with E-state index in [1.54, 1.807) is 13.2 Å². The standard InChI is InChI=1S/C23H30N2O4S/c1-16-5-6-17(2)22(15-16)30(27,28)25-13-11-20(12-14-25)23(26)24-18(3)19-7-9-21(29-4)10-8-19/h5-10,15,18,20H,11-14H2,1-4H3,(H,24,26). The van der Waals surface area contributed by atoms with Crippen molar-refractivity contribution in [1.29, 1.82) is 0 Å². The molecule has 162 valence electrons. The quantitative estimate of drug-likeness (QED) is 0.760.